The number of aromatic amines is 1. The Balaban J connectivity index is 1.77. The third-order valence-electron chi connectivity index (χ3n) is 6.68. The fraction of sp³-hybridized carbons (Fsp3) is 0.0741. The smallest absolute Gasteiger partial charge is 0.281 e. The van der Waals surface area contributed by atoms with Gasteiger partial charge in [0.25, 0.3) is 11.5 Å². The van der Waals surface area contributed by atoms with Crippen LogP contribution in [0.25, 0.3) is 11.8 Å². The Morgan fingerprint density at radius 3 is 1.69 bits per heavy atom. The summed E-state index contributed by atoms with van der Waals surface area (Å²) < 4.78 is 141. The van der Waals surface area contributed by atoms with Crippen molar-refractivity contribution in [2.45, 2.75) is 33.4 Å². The van der Waals surface area contributed by atoms with Gasteiger partial charge >= 0.3 is 0 Å². The number of benzene rings is 2. The SMILES string of the molecule is CC(=O)C1=NN(c2cc(S(=O)(=O)[O-])ccc2S(=O)(=O)[O-])C(=O)\C1=C/C=C/C=C/c1c(C(C)=O)[nH]n(-c2cc(S(=O)(=O)[O-])ccc2S(=O)(=O)[O-])c1=O. The standard InChI is InChI=1S/C27H22N4O16S4/c1-14(32)24-18(26(34)30(28-24)20-12-16(48(36,37)38)8-10-22(20)50(42,43)44)6-4-3-5-7-19-25(15(2)33)29-31(27(19)35)21-13-17(49(39,40)41)9-11-23(21)51(45,46)47/h3-13,28H,1-2H3,(H,36,37,38)(H,39,40,41)(H,42,43,44)(H,45,46,47)/p-4/b5-3+,6-4+,19-7-. The summed E-state index contributed by atoms with van der Waals surface area (Å²) in [6.45, 7) is 1.95. The molecule has 51 heavy (non-hydrogen) atoms. The molecule has 0 atom stereocenters. The van der Waals surface area contributed by atoms with Crippen molar-refractivity contribution >= 4 is 75.4 Å². The number of allylic oxidation sites excluding steroid dienone is 4. The summed E-state index contributed by atoms with van der Waals surface area (Å²) in [5.74, 6) is -2.89. The monoisotopic (exact) mass is 782 g/mol. The van der Waals surface area contributed by atoms with E-state index in [1.807, 2.05) is 0 Å². The van der Waals surface area contributed by atoms with Crippen LogP contribution in [0.3, 0.4) is 0 Å². The highest BCUT2D eigenvalue weighted by atomic mass is 32.2. The van der Waals surface area contributed by atoms with E-state index in [9.17, 15) is 71.1 Å². The van der Waals surface area contributed by atoms with Gasteiger partial charge in [0.1, 0.15) is 51.9 Å². The number of aromatic nitrogens is 2. The number of ketones is 2. The van der Waals surface area contributed by atoms with Crippen LogP contribution in [0.2, 0.25) is 0 Å². The number of nitrogens with one attached hydrogen (secondary N) is 1. The van der Waals surface area contributed by atoms with Crippen LogP contribution in [0.5, 0.6) is 0 Å². The van der Waals surface area contributed by atoms with Crippen molar-refractivity contribution < 1.29 is 66.3 Å². The number of rotatable bonds is 11. The first-order valence-corrected chi connectivity index (χ1v) is 18.9. The van der Waals surface area contributed by atoms with Gasteiger partial charge in [0.2, 0.25) is 0 Å². The van der Waals surface area contributed by atoms with Crippen molar-refractivity contribution in [3.63, 3.8) is 0 Å². The van der Waals surface area contributed by atoms with Crippen molar-refractivity contribution in [2.75, 3.05) is 5.01 Å². The second kappa shape index (κ2) is 13.5. The maximum absolute atomic E-state index is 13.3. The zero-order chi connectivity index (χ0) is 38.4. The Bertz CT molecular complexity index is 2680. The molecule has 1 aromatic heterocycles. The molecule has 1 aliphatic heterocycles. The molecule has 0 spiro atoms. The van der Waals surface area contributed by atoms with E-state index in [2.05, 4.69) is 10.2 Å². The minimum absolute atomic E-state index is 0.233. The third kappa shape index (κ3) is 8.07. The van der Waals surface area contributed by atoms with Gasteiger partial charge in [-0.2, -0.15) is 10.1 Å². The molecule has 1 aliphatic rings. The summed E-state index contributed by atoms with van der Waals surface area (Å²) in [6, 6.07) is 2.87. The van der Waals surface area contributed by atoms with E-state index in [0.717, 1.165) is 44.2 Å². The second-order valence-corrected chi connectivity index (χ2v) is 15.6. The van der Waals surface area contributed by atoms with Crippen LogP contribution < -0.4 is 10.6 Å². The van der Waals surface area contributed by atoms with Gasteiger partial charge in [-0.25, -0.2) is 38.4 Å². The summed E-state index contributed by atoms with van der Waals surface area (Å²) >= 11 is 0. The molecular weight excluding hydrogens is 765 g/mol. The molecule has 0 unspecified atom stereocenters. The lowest BCUT2D eigenvalue weighted by Crippen LogP contribution is -2.24. The molecule has 2 heterocycles. The van der Waals surface area contributed by atoms with Crippen LogP contribution >= 0.6 is 0 Å². The largest absolute Gasteiger partial charge is 0.744 e. The van der Waals surface area contributed by atoms with Gasteiger partial charge in [0.05, 0.1) is 42.1 Å². The summed E-state index contributed by atoms with van der Waals surface area (Å²) in [6.07, 6.45) is 5.25. The minimum Gasteiger partial charge on any atom is -0.744 e. The van der Waals surface area contributed by atoms with E-state index in [1.54, 1.807) is 0 Å². The number of hydrogen-bond donors (Lipinski definition) is 1. The highest BCUT2D eigenvalue weighted by Crippen LogP contribution is 2.32. The number of hydrazone groups is 1. The van der Waals surface area contributed by atoms with Gasteiger partial charge in [-0.15, -0.1) is 0 Å². The minimum atomic E-state index is -5.39. The zero-order valence-corrected chi connectivity index (χ0v) is 28.6. The van der Waals surface area contributed by atoms with E-state index in [4.69, 9.17) is 0 Å². The molecular formula is C27H18N4O16S4-4. The summed E-state index contributed by atoms with van der Waals surface area (Å²) in [4.78, 5) is 46.8. The van der Waals surface area contributed by atoms with Crippen molar-refractivity contribution in [1.82, 2.24) is 9.78 Å². The first kappa shape index (κ1) is 38.6. The lowest BCUT2D eigenvalue weighted by molar-refractivity contribution is -0.115. The number of H-pyrrole nitrogens is 1. The van der Waals surface area contributed by atoms with Crippen LogP contribution in [0.15, 0.2) is 95.8 Å². The Morgan fingerprint density at radius 1 is 0.706 bits per heavy atom. The van der Waals surface area contributed by atoms with Gasteiger partial charge in [-0.1, -0.05) is 18.2 Å². The van der Waals surface area contributed by atoms with Crippen LogP contribution in [0.4, 0.5) is 5.69 Å². The van der Waals surface area contributed by atoms with E-state index in [1.165, 1.54) is 0 Å². The fourth-order valence-corrected chi connectivity index (χ4v) is 6.73. The number of Topliss-reactive ketones (excluding diaryl/α,β-unsaturated/α-hetero) is 2. The van der Waals surface area contributed by atoms with Gasteiger partial charge in [0.15, 0.2) is 11.6 Å². The van der Waals surface area contributed by atoms with E-state index in [0.29, 0.717) is 41.1 Å². The zero-order valence-electron chi connectivity index (χ0n) is 25.4. The molecule has 0 bridgehead atoms. The highest BCUT2D eigenvalue weighted by Gasteiger charge is 2.35. The normalized spacial score (nSPS) is 15.3. The third-order valence-corrected chi connectivity index (χ3v) is 10.1. The van der Waals surface area contributed by atoms with Crippen LogP contribution in [0, 0.1) is 0 Å². The van der Waals surface area contributed by atoms with E-state index >= 15 is 0 Å². The van der Waals surface area contributed by atoms with Crippen molar-refractivity contribution in [3.8, 4) is 5.69 Å². The van der Waals surface area contributed by atoms with Gasteiger partial charge in [0, 0.05) is 13.8 Å². The Hall–Kier alpha value is -5.21. The molecule has 4 rings (SSSR count). The summed E-state index contributed by atoms with van der Waals surface area (Å²) in [5.41, 5.74) is -5.04. The molecule has 0 radical (unpaired) electrons. The average molecular weight is 783 g/mol. The molecule has 0 saturated heterocycles. The van der Waals surface area contributed by atoms with Crippen LogP contribution in [0.1, 0.15) is 29.9 Å². The molecule has 270 valence electrons. The molecule has 1 amide bonds. The predicted octanol–water partition coefficient (Wildman–Crippen LogP) is -0.528. The Morgan fingerprint density at radius 2 is 1.22 bits per heavy atom. The van der Waals surface area contributed by atoms with Gasteiger partial charge in [-0.3, -0.25) is 24.3 Å². The predicted molar refractivity (Wildman–Crippen MR) is 167 cm³/mol. The Kier molecular flexibility index (Phi) is 10.2. The fourth-order valence-electron chi connectivity index (χ4n) is 4.47. The molecule has 1 N–H and O–H groups in total. The molecule has 20 nitrogen and oxygen atoms in total. The average Bonchev–Trinajstić information content (AvgIpc) is 3.51. The number of carbonyl (C=O) groups is 3. The molecule has 2 aromatic carbocycles. The molecule has 0 saturated carbocycles. The molecule has 24 heteroatoms. The number of nitrogens with zero attached hydrogens (tertiary/aromatic N) is 3. The van der Waals surface area contributed by atoms with E-state index < -0.39 is 117 Å². The molecule has 3 aromatic rings. The quantitative estimate of drug-likeness (QED) is 0.111. The number of anilines is 1. The first-order chi connectivity index (χ1) is 23.3. The lowest BCUT2D eigenvalue weighted by Gasteiger charge is -2.20. The van der Waals surface area contributed by atoms with Gasteiger partial charge in [-0.05, 0) is 48.6 Å². The van der Waals surface area contributed by atoms with Crippen LogP contribution in [-0.2, 0) is 50.1 Å². The van der Waals surface area contributed by atoms with Gasteiger partial charge < -0.3 is 18.2 Å². The summed E-state index contributed by atoms with van der Waals surface area (Å²) in [5, 5.41) is 6.20. The second-order valence-electron chi connectivity index (χ2n) is 10.1. The van der Waals surface area contributed by atoms with Crippen molar-refractivity contribution in [2.24, 2.45) is 5.10 Å². The lowest BCUT2D eigenvalue weighted by atomic mass is 10.1. The van der Waals surface area contributed by atoms with E-state index in [-0.39, 0.29) is 5.01 Å². The van der Waals surface area contributed by atoms with Crippen LogP contribution in [-0.4, -0.2) is 84.8 Å². The number of hydrogen-bond acceptors (Lipinski definition) is 17. The topological polar surface area (TPSA) is 333 Å². The Labute approximate surface area is 287 Å². The van der Waals surface area contributed by atoms with Crippen molar-refractivity contribution in [1.29, 1.82) is 0 Å². The molecule has 0 aliphatic carbocycles. The molecule has 0 fully saturated rings. The highest BCUT2D eigenvalue weighted by molar-refractivity contribution is 7.86. The maximum atomic E-state index is 13.3. The summed E-state index contributed by atoms with van der Waals surface area (Å²) in [7, 11) is -21.2. The first-order valence-electron chi connectivity index (χ1n) is 13.3. The maximum Gasteiger partial charge on any atom is 0.281 e. The number of carbonyl (C=O) groups excluding carboxylic acids is 3. The van der Waals surface area contributed by atoms with Crippen molar-refractivity contribution in [3.05, 3.63) is 87.9 Å². The number of amides is 1.